The third-order valence-electron chi connectivity index (χ3n) is 9.57. The maximum Gasteiger partial charge on any atom is 0.139 e. The van der Waals surface area contributed by atoms with Gasteiger partial charge in [0.2, 0.25) is 0 Å². The molecule has 0 spiro atoms. The predicted molar refractivity (Wildman–Crippen MR) is 197 cm³/mol. The largest absolute Gasteiger partial charge is 0.456 e. The molecule has 0 fully saturated rings. The average Bonchev–Trinajstić information content (AvgIpc) is 3.50. The van der Waals surface area contributed by atoms with E-state index >= 15 is 0 Å². The lowest BCUT2D eigenvalue weighted by molar-refractivity contribution is 0.657. The molecule has 218 valence electrons. The van der Waals surface area contributed by atoms with E-state index in [1.165, 1.54) is 65.9 Å². The van der Waals surface area contributed by atoms with E-state index in [2.05, 4.69) is 141 Å². The number of benzene rings is 8. The standard InChI is InChI=1S/C45H32O/c1-28(2)32-25-26-40(44-39-21-11-12-22-41(39)46-45(32)44)43-37-19-9-7-17-35(37)42(36-18-8-10-20-38(36)43)34-16-6-5-15-33(34)31-24-23-29-13-3-4-14-30(29)27-31/h3-28H,1-2H3/i3D. The van der Waals surface area contributed by atoms with E-state index in [1.54, 1.807) is 0 Å². The topological polar surface area (TPSA) is 13.1 Å². The third kappa shape index (κ3) is 4.02. The molecule has 1 heterocycles. The zero-order valence-electron chi connectivity index (χ0n) is 26.8. The monoisotopic (exact) mass is 589 g/mol. The van der Waals surface area contributed by atoms with Gasteiger partial charge >= 0.3 is 0 Å². The van der Waals surface area contributed by atoms with E-state index in [-0.39, 0.29) is 0 Å². The Morgan fingerprint density at radius 3 is 1.80 bits per heavy atom. The van der Waals surface area contributed by atoms with Crippen molar-refractivity contribution in [2.45, 2.75) is 19.8 Å². The molecule has 0 bridgehead atoms. The molecule has 1 heteroatoms. The molecule has 9 aromatic rings. The minimum absolute atomic E-state index is 0.337. The molecule has 0 atom stereocenters. The summed E-state index contributed by atoms with van der Waals surface area (Å²) >= 11 is 0. The van der Waals surface area contributed by atoms with E-state index in [4.69, 9.17) is 5.79 Å². The van der Waals surface area contributed by atoms with Gasteiger partial charge in [-0.15, -0.1) is 0 Å². The van der Waals surface area contributed by atoms with Crippen LogP contribution < -0.4 is 0 Å². The first kappa shape index (κ1) is 25.6. The summed E-state index contributed by atoms with van der Waals surface area (Å²) in [5.41, 5.74) is 10.4. The van der Waals surface area contributed by atoms with Crippen molar-refractivity contribution < 1.29 is 5.79 Å². The fourth-order valence-corrected chi connectivity index (χ4v) is 7.47. The number of hydrogen-bond donors (Lipinski definition) is 0. The van der Waals surface area contributed by atoms with Crippen LogP contribution in [-0.2, 0) is 0 Å². The van der Waals surface area contributed by atoms with Gasteiger partial charge in [0.25, 0.3) is 0 Å². The fourth-order valence-electron chi connectivity index (χ4n) is 7.47. The maximum absolute atomic E-state index is 8.07. The van der Waals surface area contributed by atoms with Crippen molar-refractivity contribution in [3.8, 4) is 33.4 Å². The SMILES string of the molecule is [2H]c1ccc2cc(-c3ccccc3-c3c4ccccc4c(-c4ccc(C(C)C)c5oc6ccccc6c45)c4ccccc34)ccc2c1. The van der Waals surface area contributed by atoms with Crippen molar-refractivity contribution in [2.75, 3.05) is 0 Å². The minimum atomic E-state index is 0.337. The van der Waals surface area contributed by atoms with Crippen LogP contribution in [0.4, 0.5) is 0 Å². The first-order valence-corrected chi connectivity index (χ1v) is 16.0. The van der Waals surface area contributed by atoms with Gasteiger partial charge in [0.15, 0.2) is 0 Å². The van der Waals surface area contributed by atoms with Gasteiger partial charge in [0.1, 0.15) is 11.2 Å². The third-order valence-corrected chi connectivity index (χ3v) is 9.57. The van der Waals surface area contributed by atoms with Gasteiger partial charge in [0.05, 0.1) is 1.37 Å². The Bertz CT molecular complexity index is 2620. The highest BCUT2D eigenvalue weighted by Crippen LogP contribution is 2.49. The number of fused-ring (bicyclic) bond motifs is 6. The van der Waals surface area contributed by atoms with Gasteiger partial charge in [-0.25, -0.2) is 0 Å². The molecule has 0 radical (unpaired) electrons. The fraction of sp³-hybridized carbons (Fsp3) is 0.0667. The molecule has 1 nitrogen and oxygen atoms in total. The van der Waals surface area contributed by atoms with E-state index < -0.39 is 0 Å². The van der Waals surface area contributed by atoms with Crippen LogP contribution in [0.3, 0.4) is 0 Å². The zero-order chi connectivity index (χ0) is 31.6. The lowest BCUT2D eigenvalue weighted by atomic mass is 9.82. The molecule has 46 heavy (non-hydrogen) atoms. The zero-order valence-corrected chi connectivity index (χ0v) is 25.8. The molecule has 0 unspecified atom stereocenters. The Morgan fingerprint density at radius 1 is 0.500 bits per heavy atom. The second kappa shape index (κ2) is 10.5. The van der Waals surface area contributed by atoms with E-state index in [1.807, 2.05) is 18.2 Å². The summed E-state index contributed by atoms with van der Waals surface area (Å²) in [6.45, 7) is 4.47. The van der Waals surface area contributed by atoms with Crippen molar-refractivity contribution in [3.05, 3.63) is 157 Å². The first-order chi connectivity index (χ1) is 23.1. The summed E-state index contributed by atoms with van der Waals surface area (Å²) < 4.78 is 14.7. The van der Waals surface area contributed by atoms with Crippen LogP contribution >= 0.6 is 0 Å². The molecule has 0 aliphatic carbocycles. The lowest BCUT2D eigenvalue weighted by Gasteiger charge is -2.20. The summed E-state index contributed by atoms with van der Waals surface area (Å²) in [5, 5.41) is 9.45. The van der Waals surface area contributed by atoms with Crippen molar-refractivity contribution in [1.82, 2.24) is 0 Å². The van der Waals surface area contributed by atoms with Crippen molar-refractivity contribution >= 4 is 54.3 Å². The Labute approximate surface area is 269 Å². The highest BCUT2D eigenvalue weighted by Gasteiger charge is 2.23. The molecule has 0 saturated carbocycles. The van der Waals surface area contributed by atoms with Gasteiger partial charge in [0, 0.05) is 10.8 Å². The molecular weight excluding hydrogens is 556 g/mol. The van der Waals surface area contributed by atoms with Crippen LogP contribution in [0.2, 0.25) is 0 Å². The van der Waals surface area contributed by atoms with Crippen LogP contribution in [0, 0.1) is 0 Å². The van der Waals surface area contributed by atoms with Gasteiger partial charge in [-0.05, 0) is 89.3 Å². The van der Waals surface area contributed by atoms with Crippen molar-refractivity contribution in [2.24, 2.45) is 0 Å². The van der Waals surface area contributed by atoms with Crippen LogP contribution in [0.1, 0.15) is 26.7 Å². The van der Waals surface area contributed by atoms with E-state index in [9.17, 15) is 0 Å². The number of para-hydroxylation sites is 1. The minimum Gasteiger partial charge on any atom is -0.456 e. The summed E-state index contributed by atoms with van der Waals surface area (Å²) in [7, 11) is 0. The lowest BCUT2D eigenvalue weighted by Crippen LogP contribution is -1.94. The normalized spacial score (nSPS) is 12.2. The molecule has 9 rings (SSSR count). The second-order valence-electron chi connectivity index (χ2n) is 12.5. The van der Waals surface area contributed by atoms with E-state index in [0.29, 0.717) is 12.0 Å². The Kier molecular flexibility index (Phi) is 5.83. The van der Waals surface area contributed by atoms with Crippen LogP contribution in [0.25, 0.3) is 87.6 Å². The quantitative estimate of drug-likeness (QED) is 0.186. The van der Waals surface area contributed by atoms with Crippen molar-refractivity contribution in [1.29, 1.82) is 0 Å². The van der Waals surface area contributed by atoms with E-state index in [0.717, 1.165) is 27.3 Å². The Balaban J connectivity index is 1.38. The molecule has 0 N–H and O–H groups in total. The average molecular weight is 590 g/mol. The first-order valence-electron chi connectivity index (χ1n) is 16.5. The highest BCUT2D eigenvalue weighted by atomic mass is 16.3. The van der Waals surface area contributed by atoms with Crippen molar-refractivity contribution in [3.63, 3.8) is 0 Å². The maximum atomic E-state index is 8.07. The molecule has 1 aromatic heterocycles. The molecular formula is C45H32O. The molecule has 0 amide bonds. The summed E-state index contributed by atoms with van der Waals surface area (Å²) in [6.07, 6.45) is 0. The van der Waals surface area contributed by atoms with Gasteiger partial charge < -0.3 is 4.42 Å². The molecule has 0 aliphatic heterocycles. The predicted octanol–water partition coefficient (Wildman–Crippen LogP) is 13.2. The summed E-state index contributed by atoms with van der Waals surface area (Å²) in [6, 6.07) is 52.5. The van der Waals surface area contributed by atoms with Crippen LogP contribution in [-0.4, -0.2) is 0 Å². The molecule has 0 saturated heterocycles. The Morgan fingerprint density at radius 2 is 1.11 bits per heavy atom. The number of furan rings is 1. The summed E-state index contributed by atoms with van der Waals surface area (Å²) in [4.78, 5) is 0. The highest BCUT2D eigenvalue weighted by molar-refractivity contribution is 6.26. The van der Waals surface area contributed by atoms with Gasteiger partial charge in [-0.2, -0.15) is 0 Å². The second-order valence-corrected chi connectivity index (χ2v) is 12.5. The number of rotatable bonds is 4. The molecule has 8 aromatic carbocycles. The number of hydrogen-bond acceptors (Lipinski definition) is 1. The smallest absolute Gasteiger partial charge is 0.139 e. The molecule has 0 aliphatic rings. The van der Waals surface area contributed by atoms with Gasteiger partial charge in [-0.3, -0.25) is 0 Å². The van der Waals surface area contributed by atoms with Crippen LogP contribution in [0.15, 0.2) is 156 Å². The van der Waals surface area contributed by atoms with Gasteiger partial charge in [-0.1, -0.05) is 153 Å². The van der Waals surface area contributed by atoms with Crippen LogP contribution in [0.5, 0.6) is 0 Å². The Hall–Kier alpha value is -5.66. The summed E-state index contributed by atoms with van der Waals surface area (Å²) in [5.74, 6) is 0.337.